The van der Waals surface area contributed by atoms with Crippen LogP contribution in [0.1, 0.15) is 56.1 Å². The van der Waals surface area contributed by atoms with E-state index in [0.29, 0.717) is 11.3 Å². The first kappa shape index (κ1) is 17.9. The van der Waals surface area contributed by atoms with Gasteiger partial charge in [0.25, 0.3) is 0 Å². The Morgan fingerprint density at radius 1 is 0.875 bits per heavy atom. The summed E-state index contributed by atoms with van der Waals surface area (Å²) in [6.07, 6.45) is 0. The number of ketones is 1. The van der Waals surface area contributed by atoms with Crippen LogP contribution in [0.2, 0.25) is 0 Å². The highest BCUT2D eigenvalue weighted by atomic mass is 16.5. The predicted octanol–water partition coefficient (Wildman–Crippen LogP) is 4.78. The van der Waals surface area contributed by atoms with Gasteiger partial charge in [0.15, 0.2) is 5.78 Å². The van der Waals surface area contributed by atoms with E-state index in [0.717, 1.165) is 11.1 Å². The quantitative estimate of drug-likeness (QED) is 0.452. The van der Waals surface area contributed by atoms with Gasteiger partial charge in [-0.15, -0.1) is 0 Å². The van der Waals surface area contributed by atoms with E-state index in [1.165, 1.54) is 0 Å². The number of esters is 1. The fraction of sp³-hybridized carbons (Fsp3) is 0.333. The molecule has 126 valence electrons. The van der Waals surface area contributed by atoms with E-state index in [1.807, 2.05) is 62.4 Å². The second-order valence-corrected chi connectivity index (χ2v) is 6.86. The van der Waals surface area contributed by atoms with Crippen LogP contribution in [0, 0.1) is 5.92 Å². The van der Waals surface area contributed by atoms with Gasteiger partial charge in [0, 0.05) is 11.0 Å². The fourth-order valence-electron chi connectivity index (χ4n) is 2.46. The average molecular weight is 324 g/mol. The van der Waals surface area contributed by atoms with Gasteiger partial charge >= 0.3 is 5.97 Å². The van der Waals surface area contributed by atoms with Gasteiger partial charge in [0.1, 0.15) is 5.75 Å². The molecule has 0 fully saturated rings. The summed E-state index contributed by atoms with van der Waals surface area (Å²) in [5, 5.41) is 0. The standard InChI is InChI=1S/C21H24O3/c1-14(2)20(23)24-19-12-10-18(11-13-19)21(4,5)17-8-6-16(7-9-17)15(3)22/h6-14H,1-5H3. The maximum absolute atomic E-state index is 11.7. The first-order valence-electron chi connectivity index (χ1n) is 8.15. The molecule has 3 heteroatoms. The fourth-order valence-corrected chi connectivity index (χ4v) is 2.46. The number of benzene rings is 2. The molecule has 0 aliphatic heterocycles. The van der Waals surface area contributed by atoms with E-state index in [1.54, 1.807) is 6.92 Å². The van der Waals surface area contributed by atoms with Gasteiger partial charge in [0.05, 0.1) is 5.92 Å². The zero-order valence-electron chi connectivity index (χ0n) is 14.9. The molecule has 0 unspecified atom stereocenters. The minimum atomic E-state index is -0.234. The second-order valence-electron chi connectivity index (χ2n) is 6.86. The average Bonchev–Trinajstić information content (AvgIpc) is 2.55. The van der Waals surface area contributed by atoms with Crippen molar-refractivity contribution in [2.45, 2.75) is 40.0 Å². The highest BCUT2D eigenvalue weighted by Gasteiger charge is 2.23. The summed E-state index contributed by atoms with van der Waals surface area (Å²) in [5.74, 6) is 0.235. The van der Waals surface area contributed by atoms with Crippen molar-refractivity contribution in [3.05, 3.63) is 65.2 Å². The highest BCUT2D eigenvalue weighted by molar-refractivity contribution is 5.94. The van der Waals surface area contributed by atoms with Crippen LogP contribution in [0.3, 0.4) is 0 Å². The molecule has 24 heavy (non-hydrogen) atoms. The maximum atomic E-state index is 11.7. The number of rotatable bonds is 5. The SMILES string of the molecule is CC(=O)c1ccc(C(C)(C)c2ccc(OC(=O)C(C)C)cc2)cc1. The third kappa shape index (κ3) is 3.91. The van der Waals surface area contributed by atoms with E-state index >= 15 is 0 Å². The Bertz CT molecular complexity index is 723. The Balaban J connectivity index is 2.22. The van der Waals surface area contributed by atoms with Gasteiger partial charge in [0.2, 0.25) is 0 Å². The van der Waals surface area contributed by atoms with Crippen molar-refractivity contribution in [3.8, 4) is 5.75 Å². The Morgan fingerprint density at radius 3 is 1.75 bits per heavy atom. The van der Waals surface area contributed by atoms with Crippen LogP contribution >= 0.6 is 0 Å². The molecular formula is C21H24O3. The molecule has 0 bridgehead atoms. The lowest BCUT2D eigenvalue weighted by Gasteiger charge is -2.26. The van der Waals surface area contributed by atoms with Crippen molar-refractivity contribution >= 4 is 11.8 Å². The molecule has 0 radical (unpaired) electrons. The van der Waals surface area contributed by atoms with Crippen LogP contribution in [0.4, 0.5) is 0 Å². The van der Waals surface area contributed by atoms with Crippen molar-refractivity contribution in [1.82, 2.24) is 0 Å². The van der Waals surface area contributed by atoms with Crippen LogP contribution in [0.25, 0.3) is 0 Å². The first-order chi connectivity index (χ1) is 11.2. The van der Waals surface area contributed by atoms with Gasteiger partial charge in [-0.3, -0.25) is 9.59 Å². The molecule has 0 aromatic heterocycles. The van der Waals surface area contributed by atoms with Crippen LogP contribution in [-0.4, -0.2) is 11.8 Å². The van der Waals surface area contributed by atoms with Gasteiger partial charge in [-0.05, 0) is 30.2 Å². The molecule has 0 aliphatic rings. The van der Waals surface area contributed by atoms with Crippen molar-refractivity contribution in [3.63, 3.8) is 0 Å². The van der Waals surface area contributed by atoms with Crippen molar-refractivity contribution in [2.75, 3.05) is 0 Å². The van der Waals surface area contributed by atoms with Crippen molar-refractivity contribution < 1.29 is 14.3 Å². The summed E-state index contributed by atoms with van der Waals surface area (Å²) >= 11 is 0. The van der Waals surface area contributed by atoms with Gasteiger partial charge in [-0.2, -0.15) is 0 Å². The summed E-state index contributed by atoms with van der Waals surface area (Å²) in [6.45, 7) is 9.45. The molecule has 2 aromatic rings. The number of ether oxygens (including phenoxy) is 1. The number of hydrogen-bond donors (Lipinski definition) is 0. The van der Waals surface area contributed by atoms with Gasteiger partial charge < -0.3 is 4.74 Å². The molecule has 0 aliphatic carbocycles. The molecule has 0 amide bonds. The van der Waals surface area contributed by atoms with Gasteiger partial charge in [-0.1, -0.05) is 64.1 Å². The molecule has 2 aromatic carbocycles. The third-order valence-electron chi connectivity index (χ3n) is 4.28. The Morgan fingerprint density at radius 2 is 1.33 bits per heavy atom. The van der Waals surface area contributed by atoms with E-state index < -0.39 is 0 Å². The van der Waals surface area contributed by atoms with E-state index in [9.17, 15) is 9.59 Å². The third-order valence-corrected chi connectivity index (χ3v) is 4.28. The Kier molecular flexibility index (Phi) is 5.23. The predicted molar refractivity (Wildman–Crippen MR) is 95.5 cm³/mol. The molecule has 0 atom stereocenters. The molecule has 2 rings (SSSR count). The lowest BCUT2D eigenvalue weighted by atomic mass is 9.78. The summed E-state index contributed by atoms with van der Waals surface area (Å²) < 4.78 is 5.31. The lowest BCUT2D eigenvalue weighted by Crippen LogP contribution is -2.19. The zero-order valence-corrected chi connectivity index (χ0v) is 14.9. The minimum absolute atomic E-state index is 0.0654. The van der Waals surface area contributed by atoms with E-state index in [4.69, 9.17) is 4.74 Å². The second kappa shape index (κ2) is 7.00. The monoisotopic (exact) mass is 324 g/mol. The smallest absolute Gasteiger partial charge is 0.313 e. The Labute approximate surface area is 143 Å². The van der Waals surface area contributed by atoms with Gasteiger partial charge in [-0.25, -0.2) is 0 Å². The Hall–Kier alpha value is -2.42. The maximum Gasteiger partial charge on any atom is 0.313 e. The number of carbonyl (C=O) groups is 2. The summed E-state index contributed by atoms with van der Waals surface area (Å²) in [5.41, 5.74) is 2.74. The van der Waals surface area contributed by atoms with Crippen LogP contribution < -0.4 is 4.74 Å². The number of carbonyl (C=O) groups excluding carboxylic acids is 2. The molecular weight excluding hydrogens is 300 g/mol. The topological polar surface area (TPSA) is 43.4 Å². The highest BCUT2D eigenvalue weighted by Crippen LogP contribution is 2.32. The minimum Gasteiger partial charge on any atom is -0.426 e. The van der Waals surface area contributed by atoms with Crippen molar-refractivity contribution in [1.29, 1.82) is 0 Å². The lowest BCUT2D eigenvalue weighted by molar-refractivity contribution is -0.137. The van der Waals surface area contributed by atoms with E-state index in [-0.39, 0.29) is 23.1 Å². The molecule has 0 heterocycles. The summed E-state index contributed by atoms with van der Waals surface area (Å²) in [6, 6.07) is 15.3. The van der Waals surface area contributed by atoms with E-state index in [2.05, 4.69) is 13.8 Å². The molecule has 0 N–H and O–H groups in total. The molecule has 3 nitrogen and oxygen atoms in total. The number of hydrogen-bond acceptors (Lipinski definition) is 3. The number of Topliss-reactive ketones (excluding diaryl/α,β-unsaturated/α-hetero) is 1. The van der Waals surface area contributed by atoms with Crippen LogP contribution in [-0.2, 0) is 10.2 Å². The summed E-state index contributed by atoms with van der Waals surface area (Å²) in [4.78, 5) is 23.1. The molecule has 0 spiro atoms. The van der Waals surface area contributed by atoms with Crippen LogP contribution in [0.5, 0.6) is 5.75 Å². The largest absolute Gasteiger partial charge is 0.426 e. The molecule has 0 saturated heterocycles. The summed E-state index contributed by atoms with van der Waals surface area (Å²) in [7, 11) is 0. The first-order valence-corrected chi connectivity index (χ1v) is 8.15. The normalized spacial score (nSPS) is 11.4. The zero-order chi connectivity index (χ0) is 17.9. The molecule has 0 saturated carbocycles. The van der Waals surface area contributed by atoms with Crippen molar-refractivity contribution in [2.24, 2.45) is 5.92 Å². The van der Waals surface area contributed by atoms with Crippen LogP contribution in [0.15, 0.2) is 48.5 Å².